The minimum absolute atomic E-state index is 0.133. The molecule has 0 unspecified atom stereocenters. The van der Waals surface area contributed by atoms with Crippen molar-refractivity contribution in [3.05, 3.63) is 72.3 Å². The summed E-state index contributed by atoms with van der Waals surface area (Å²) in [6.45, 7) is 7.07. The van der Waals surface area contributed by atoms with Crippen LogP contribution < -0.4 is 10.4 Å². The Kier molecular flexibility index (Phi) is 6.96. The highest BCUT2D eigenvalue weighted by Gasteiger charge is 2.51. The Morgan fingerprint density at radius 2 is 1.60 bits per heavy atom. The van der Waals surface area contributed by atoms with Gasteiger partial charge in [0.05, 0.1) is 13.2 Å². The molecule has 0 aromatic heterocycles. The van der Waals surface area contributed by atoms with Gasteiger partial charge in [-0.05, 0) is 28.3 Å². The maximum absolute atomic E-state index is 11.8. The topological polar surface area (TPSA) is 55.8 Å². The fraction of sp³-hybridized carbons (Fsp3) is 0.400. The Balaban J connectivity index is 2.03. The van der Waals surface area contributed by atoms with Crippen molar-refractivity contribution in [1.29, 1.82) is 0 Å². The summed E-state index contributed by atoms with van der Waals surface area (Å²) in [5.74, 6) is -0.583. The Labute approximate surface area is 180 Å². The van der Waals surface area contributed by atoms with E-state index in [1.807, 2.05) is 12.1 Å². The van der Waals surface area contributed by atoms with Crippen LogP contribution in [0.1, 0.15) is 33.6 Å². The van der Waals surface area contributed by atoms with Crippen LogP contribution in [0.15, 0.2) is 72.3 Å². The molecule has 0 bridgehead atoms. The summed E-state index contributed by atoms with van der Waals surface area (Å²) in [5, 5.41) is 12.9. The van der Waals surface area contributed by atoms with Gasteiger partial charge < -0.3 is 14.3 Å². The van der Waals surface area contributed by atoms with Gasteiger partial charge in [-0.1, -0.05) is 87.0 Å². The van der Waals surface area contributed by atoms with Crippen molar-refractivity contribution < 1.29 is 19.1 Å². The highest BCUT2D eigenvalue weighted by atomic mass is 28.4. The molecule has 2 aromatic rings. The minimum Gasteiger partial charge on any atom is -0.466 e. The SMILES string of the molecule is COC(=O)/C=C1\CC[C@@H](O)[C@@H]1CO[Si](c1ccccc1)(c1ccccc1)C(C)(C)C. The molecule has 0 saturated heterocycles. The summed E-state index contributed by atoms with van der Waals surface area (Å²) in [5.41, 5.74) is 0.910. The van der Waals surface area contributed by atoms with Crippen LogP contribution in [-0.2, 0) is 14.0 Å². The van der Waals surface area contributed by atoms with Crippen molar-refractivity contribution in [2.75, 3.05) is 13.7 Å². The molecule has 0 radical (unpaired) electrons. The maximum atomic E-state index is 11.8. The number of carbonyl (C=O) groups excluding carboxylic acids is 1. The predicted molar refractivity (Wildman–Crippen MR) is 122 cm³/mol. The number of carbonyl (C=O) groups is 1. The van der Waals surface area contributed by atoms with Crippen LogP contribution >= 0.6 is 0 Å². The van der Waals surface area contributed by atoms with Crippen molar-refractivity contribution in [3.63, 3.8) is 0 Å². The number of hydrogen-bond donors (Lipinski definition) is 1. The van der Waals surface area contributed by atoms with E-state index in [9.17, 15) is 9.90 Å². The Morgan fingerprint density at radius 1 is 1.07 bits per heavy atom. The molecule has 160 valence electrons. The van der Waals surface area contributed by atoms with Gasteiger partial charge in [-0.15, -0.1) is 0 Å². The molecule has 0 amide bonds. The number of aliphatic hydroxyl groups excluding tert-OH is 1. The van der Waals surface area contributed by atoms with E-state index in [0.29, 0.717) is 19.4 Å². The number of benzene rings is 2. The quantitative estimate of drug-likeness (QED) is 0.439. The Bertz CT molecular complexity index is 832. The summed E-state index contributed by atoms with van der Waals surface area (Å²) in [4.78, 5) is 11.8. The molecule has 30 heavy (non-hydrogen) atoms. The normalized spacial score (nSPS) is 21.0. The molecule has 5 heteroatoms. The molecular formula is C25H32O4Si. The van der Waals surface area contributed by atoms with Crippen molar-refractivity contribution >= 4 is 24.7 Å². The molecule has 1 aliphatic rings. The maximum Gasteiger partial charge on any atom is 0.330 e. The fourth-order valence-corrected chi connectivity index (χ4v) is 9.12. The molecule has 4 nitrogen and oxygen atoms in total. The highest BCUT2D eigenvalue weighted by Crippen LogP contribution is 2.39. The number of rotatable bonds is 6. The molecule has 1 N–H and O–H groups in total. The minimum atomic E-state index is -2.68. The second kappa shape index (κ2) is 9.29. The third-order valence-corrected chi connectivity index (χ3v) is 11.1. The van der Waals surface area contributed by atoms with E-state index in [2.05, 4.69) is 69.3 Å². The highest BCUT2D eigenvalue weighted by molar-refractivity contribution is 6.99. The zero-order valence-electron chi connectivity index (χ0n) is 18.3. The second-order valence-electron chi connectivity index (χ2n) is 8.93. The summed E-state index contributed by atoms with van der Waals surface area (Å²) in [6, 6.07) is 20.9. The lowest BCUT2D eigenvalue weighted by Gasteiger charge is -2.43. The first-order chi connectivity index (χ1) is 14.3. The fourth-order valence-electron chi connectivity index (χ4n) is 4.53. The van der Waals surface area contributed by atoms with E-state index < -0.39 is 14.4 Å². The first-order valence-electron chi connectivity index (χ1n) is 10.5. The van der Waals surface area contributed by atoms with Gasteiger partial charge in [0.1, 0.15) is 0 Å². The van der Waals surface area contributed by atoms with Crippen molar-refractivity contribution in [2.24, 2.45) is 5.92 Å². The lowest BCUT2D eigenvalue weighted by molar-refractivity contribution is -0.134. The van der Waals surface area contributed by atoms with E-state index in [-0.39, 0.29) is 16.9 Å². The predicted octanol–water partition coefficient (Wildman–Crippen LogP) is 3.43. The zero-order chi connectivity index (χ0) is 21.8. The molecule has 0 heterocycles. The Morgan fingerprint density at radius 3 is 2.07 bits per heavy atom. The molecule has 1 saturated carbocycles. The molecule has 1 aliphatic carbocycles. The van der Waals surface area contributed by atoms with Crippen molar-refractivity contribution in [2.45, 2.75) is 44.8 Å². The van der Waals surface area contributed by atoms with E-state index in [1.54, 1.807) is 0 Å². The molecule has 0 spiro atoms. The number of esters is 1. The van der Waals surface area contributed by atoms with Crippen molar-refractivity contribution in [3.8, 4) is 0 Å². The lowest BCUT2D eigenvalue weighted by Crippen LogP contribution is -2.67. The third-order valence-electron chi connectivity index (χ3n) is 6.07. The standard InChI is InChI=1S/C25H32O4Si/c1-25(2,3)30(20-11-7-5-8-12-20,21-13-9-6-10-14-21)29-18-22-19(15-16-23(22)26)17-24(27)28-4/h5-14,17,22-23,26H,15-16,18H2,1-4H3/b19-17+/t22-,23-/m1/s1. The van der Waals surface area contributed by atoms with Crippen LogP contribution in [0.2, 0.25) is 5.04 Å². The summed E-state index contributed by atoms with van der Waals surface area (Å²) in [6.07, 6.45) is 2.33. The summed E-state index contributed by atoms with van der Waals surface area (Å²) in [7, 11) is -1.31. The monoisotopic (exact) mass is 424 g/mol. The molecule has 0 aliphatic heterocycles. The van der Waals surface area contributed by atoms with E-state index in [0.717, 1.165) is 5.57 Å². The smallest absolute Gasteiger partial charge is 0.330 e. The lowest BCUT2D eigenvalue weighted by atomic mass is 10.0. The summed E-state index contributed by atoms with van der Waals surface area (Å²) >= 11 is 0. The van der Waals surface area contributed by atoms with Gasteiger partial charge in [0.2, 0.25) is 0 Å². The van der Waals surface area contributed by atoms with Crippen LogP contribution in [0.25, 0.3) is 0 Å². The molecule has 1 fully saturated rings. The van der Waals surface area contributed by atoms with Gasteiger partial charge in [0, 0.05) is 18.6 Å². The van der Waals surface area contributed by atoms with E-state index >= 15 is 0 Å². The van der Waals surface area contributed by atoms with Crippen molar-refractivity contribution in [1.82, 2.24) is 0 Å². The van der Waals surface area contributed by atoms with Crippen LogP contribution in [-0.4, -0.2) is 39.2 Å². The van der Waals surface area contributed by atoms with Gasteiger partial charge in [0.15, 0.2) is 0 Å². The van der Waals surface area contributed by atoms with Gasteiger partial charge in [-0.25, -0.2) is 4.79 Å². The second-order valence-corrected chi connectivity index (χ2v) is 13.2. The van der Waals surface area contributed by atoms with Crippen LogP contribution in [0.3, 0.4) is 0 Å². The number of aliphatic hydroxyl groups is 1. The van der Waals surface area contributed by atoms with Gasteiger partial charge in [-0.2, -0.15) is 0 Å². The average Bonchev–Trinajstić information content (AvgIpc) is 3.08. The van der Waals surface area contributed by atoms with E-state index in [4.69, 9.17) is 9.16 Å². The van der Waals surface area contributed by atoms with Crippen LogP contribution in [0, 0.1) is 5.92 Å². The average molecular weight is 425 g/mol. The number of hydrogen-bond acceptors (Lipinski definition) is 4. The molecule has 2 atom stereocenters. The molecule has 2 aromatic carbocycles. The zero-order valence-corrected chi connectivity index (χ0v) is 19.3. The number of ether oxygens (including phenoxy) is 1. The Hall–Kier alpha value is -2.21. The first kappa shape index (κ1) is 22.5. The largest absolute Gasteiger partial charge is 0.466 e. The molecule has 3 rings (SSSR count). The van der Waals surface area contributed by atoms with E-state index in [1.165, 1.54) is 23.6 Å². The molecular weight excluding hydrogens is 392 g/mol. The van der Waals surface area contributed by atoms with Crippen LogP contribution in [0.5, 0.6) is 0 Å². The van der Waals surface area contributed by atoms with Gasteiger partial charge >= 0.3 is 5.97 Å². The first-order valence-corrected chi connectivity index (χ1v) is 12.4. The number of methoxy groups -OCH3 is 1. The van der Waals surface area contributed by atoms with Gasteiger partial charge in [-0.3, -0.25) is 0 Å². The summed E-state index contributed by atoms with van der Waals surface area (Å²) < 4.78 is 11.8. The van der Waals surface area contributed by atoms with Gasteiger partial charge in [0.25, 0.3) is 8.32 Å². The van der Waals surface area contributed by atoms with Crippen LogP contribution in [0.4, 0.5) is 0 Å². The third kappa shape index (κ3) is 4.43.